The Morgan fingerprint density at radius 2 is 1.75 bits per heavy atom. The number of carbonyl (C=O) groups is 1. The zero-order valence-corrected chi connectivity index (χ0v) is 12.2. The van der Waals surface area contributed by atoms with Gasteiger partial charge >= 0.3 is 0 Å². The molecule has 0 aromatic heterocycles. The predicted octanol–water partition coefficient (Wildman–Crippen LogP) is 5.20. The molecule has 20 heavy (non-hydrogen) atoms. The van der Waals surface area contributed by atoms with Crippen molar-refractivity contribution in [2.24, 2.45) is 0 Å². The molecule has 2 rings (SSSR count). The normalized spacial score (nSPS) is 11.9. The molecular formula is C18H20O2. The molecule has 1 atom stereocenters. The molecule has 2 aromatic rings. The number of hydrogen-bond donors (Lipinski definition) is 0. The number of Topliss-reactive ketones (excluding diaryl/α,β-unsaturated/α-hetero) is 1. The van der Waals surface area contributed by atoms with E-state index in [1.165, 1.54) is 5.56 Å². The Labute approximate surface area is 120 Å². The molecule has 2 heteroatoms. The molecule has 0 aliphatic rings. The number of ether oxygens (including phenoxy) is 1. The molecule has 0 heterocycles. The van der Waals surface area contributed by atoms with Crippen LogP contribution in [0.3, 0.4) is 0 Å². The van der Waals surface area contributed by atoms with Gasteiger partial charge in [-0.1, -0.05) is 32.0 Å². The Morgan fingerprint density at radius 1 is 1.10 bits per heavy atom. The van der Waals surface area contributed by atoms with Gasteiger partial charge in [0.25, 0.3) is 0 Å². The first-order valence-electron chi connectivity index (χ1n) is 6.99. The van der Waals surface area contributed by atoms with E-state index < -0.39 is 0 Å². The van der Waals surface area contributed by atoms with E-state index in [0.29, 0.717) is 11.5 Å². The van der Waals surface area contributed by atoms with Crippen LogP contribution in [0, 0.1) is 0 Å². The van der Waals surface area contributed by atoms with Crippen molar-refractivity contribution in [2.45, 2.75) is 33.1 Å². The standard InChI is InChI=1S/C18H20O2/c1-4-13(2)17-7-5-6-8-18(17)20-16-11-9-15(10-12-16)14(3)19/h5-13H,4H2,1-3H3. The summed E-state index contributed by atoms with van der Waals surface area (Å²) in [5.74, 6) is 2.17. The second kappa shape index (κ2) is 6.38. The lowest BCUT2D eigenvalue weighted by Crippen LogP contribution is -1.96. The average molecular weight is 268 g/mol. The number of benzene rings is 2. The van der Waals surface area contributed by atoms with Crippen LogP contribution in [-0.4, -0.2) is 5.78 Å². The lowest BCUT2D eigenvalue weighted by atomic mass is 9.98. The number of ketones is 1. The highest BCUT2D eigenvalue weighted by atomic mass is 16.5. The van der Waals surface area contributed by atoms with Crippen LogP contribution in [0.2, 0.25) is 0 Å². The van der Waals surface area contributed by atoms with Gasteiger partial charge in [0, 0.05) is 5.56 Å². The fourth-order valence-corrected chi connectivity index (χ4v) is 2.09. The zero-order chi connectivity index (χ0) is 14.5. The Bertz CT molecular complexity index is 585. The van der Waals surface area contributed by atoms with Crippen LogP contribution in [0.1, 0.15) is 49.0 Å². The number of para-hydroxylation sites is 1. The molecule has 0 aliphatic carbocycles. The quantitative estimate of drug-likeness (QED) is 0.697. The van der Waals surface area contributed by atoms with Gasteiger partial charge in [-0.25, -0.2) is 0 Å². The second-order valence-electron chi connectivity index (χ2n) is 5.03. The van der Waals surface area contributed by atoms with Gasteiger partial charge in [-0.05, 0) is 55.2 Å². The molecule has 2 aromatic carbocycles. The molecule has 0 bridgehead atoms. The van der Waals surface area contributed by atoms with Gasteiger partial charge < -0.3 is 4.74 Å². The lowest BCUT2D eigenvalue weighted by molar-refractivity contribution is 0.101. The summed E-state index contributed by atoms with van der Waals surface area (Å²) in [6, 6.07) is 15.4. The fourth-order valence-electron chi connectivity index (χ4n) is 2.09. The number of carbonyl (C=O) groups excluding carboxylic acids is 1. The van der Waals surface area contributed by atoms with Crippen LogP contribution >= 0.6 is 0 Å². The van der Waals surface area contributed by atoms with Crippen molar-refractivity contribution in [3.63, 3.8) is 0 Å². The molecule has 0 aliphatic heterocycles. The third-order valence-electron chi connectivity index (χ3n) is 3.55. The van der Waals surface area contributed by atoms with Crippen molar-refractivity contribution < 1.29 is 9.53 Å². The van der Waals surface area contributed by atoms with Crippen LogP contribution in [0.25, 0.3) is 0 Å². The SMILES string of the molecule is CCC(C)c1ccccc1Oc1ccc(C(C)=O)cc1. The maximum atomic E-state index is 11.3. The maximum absolute atomic E-state index is 11.3. The van der Waals surface area contributed by atoms with Crippen molar-refractivity contribution in [2.75, 3.05) is 0 Å². The Hall–Kier alpha value is -2.09. The first-order valence-corrected chi connectivity index (χ1v) is 6.99. The monoisotopic (exact) mass is 268 g/mol. The molecule has 0 saturated heterocycles. The smallest absolute Gasteiger partial charge is 0.159 e. The van der Waals surface area contributed by atoms with E-state index in [0.717, 1.165) is 17.9 Å². The van der Waals surface area contributed by atoms with E-state index in [9.17, 15) is 4.79 Å². The summed E-state index contributed by atoms with van der Waals surface area (Å²) in [7, 11) is 0. The molecule has 0 amide bonds. The topological polar surface area (TPSA) is 26.3 Å². The largest absolute Gasteiger partial charge is 0.457 e. The first-order chi connectivity index (χ1) is 9.61. The lowest BCUT2D eigenvalue weighted by Gasteiger charge is -2.15. The summed E-state index contributed by atoms with van der Waals surface area (Å²) in [5, 5.41) is 0. The van der Waals surface area contributed by atoms with E-state index in [1.807, 2.05) is 30.3 Å². The van der Waals surface area contributed by atoms with Gasteiger partial charge in [-0.3, -0.25) is 4.79 Å². The minimum Gasteiger partial charge on any atom is -0.457 e. The minimum atomic E-state index is 0.0663. The van der Waals surface area contributed by atoms with Gasteiger partial charge in [0.2, 0.25) is 0 Å². The molecule has 0 spiro atoms. The molecule has 2 nitrogen and oxygen atoms in total. The summed E-state index contributed by atoms with van der Waals surface area (Å²) in [6.45, 7) is 5.93. The van der Waals surface area contributed by atoms with Gasteiger partial charge in [-0.15, -0.1) is 0 Å². The molecule has 0 saturated carbocycles. The van der Waals surface area contributed by atoms with E-state index in [-0.39, 0.29) is 5.78 Å². The summed E-state index contributed by atoms with van der Waals surface area (Å²) in [6.07, 6.45) is 1.07. The van der Waals surface area contributed by atoms with Crippen molar-refractivity contribution in [3.8, 4) is 11.5 Å². The average Bonchev–Trinajstić information content (AvgIpc) is 2.47. The molecule has 0 fully saturated rings. The Morgan fingerprint density at radius 3 is 2.35 bits per heavy atom. The van der Waals surface area contributed by atoms with Crippen molar-refractivity contribution in [1.29, 1.82) is 0 Å². The first kappa shape index (κ1) is 14.3. The fraction of sp³-hybridized carbons (Fsp3) is 0.278. The molecule has 104 valence electrons. The highest BCUT2D eigenvalue weighted by molar-refractivity contribution is 5.94. The summed E-state index contributed by atoms with van der Waals surface area (Å²) >= 11 is 0. The minimum absolute atomic E-state index is 0.0663. The third-order valence-corrected chi connectivity index (χ3v) is 3.55. The summed E-state index contributed by atoms with van der Waals surface area (Å²) in [4.78, 5) is 11.3. The summed E-state index contributed by atoms with van der Waals surface area (Å²) in [5.41, 5.74) is 1.92. The Balaban J connectivity index is 2.23. The zero-order valence-electron chi connectivity index (χ0n) is 12.2. The van der Waals surface area contributed by atoms with Crippen LogP contribution < -0.4 is 4.74 Å². The summed E-state index contributed by atoms with van der Waals surface area (Å²) < 4.78 is 5.96. The molecule has 0 radical (unpaired) electrons. The Kier molecular flexibility index (Phi) is 4.57. The number of hydrogen-bond acceptors (Lipinski definition) is 2. The van der Waals surface area contributed by atoms with Crippen molar-refractivity contribution >= 4 is 5.78 Å². The van der Waals surface area contributed by atoms with Crippen molar-refractivity contribution in [1.82, 2.24) is 0 Å². The van der Waals surface area contributed by atoms with Crippen LogP contribution in [0.15, 0.2) is 48.5 Å². The maximum Gasteiger partial charge on any atom is 0.159 e. The highest BCUT2D eigenvalue weighted by Crippen LogP contribution is 2.31. The van der Waals surface area contributed by atoms with E-state index in [4.69, 9.17) is 4.74 Å². The van der Waals surface area contributed by atoms with Gasteiger partial charge in [0.1, 0.15) is 11.5 Å². The van der Waals surface area contributed by atoms with Gasteiger partial charge in [0.15, 0.2) is 5.78 Å². The molecule has 1 unspecified atom stereocenters. The van der Waals surface area contributed by atoms with E-state index in [2.05, 4.69) is 19.9 Å². The van der Waals surface area contributed by atoms with Crippen LogP contribution in [0.5, 0.6) is 11.5 Å². The molecule has 0 N–H and O–H groups in total. The predicted molar refractivity (Wildman–Crippen MR) is 81.7 cm³/mol. The highest BCUT2D eigenvalue weighted by Gasteiger charge is 2.10. The van der Waals surface area contributed by atoms with Crippen LogP contribution in [-0.2, 0) is 0 Å². The van der Waals surface area contributed by atoms with Gasteiger partial charge in [0.05, 0.1) is 0 Å². The number of rotatable bonds is 5. The van der Waals surface area contributed by atoms with E-state index in [1.54, 1.807) is 19.1 Å². The van der Waals surface area contributed by atoms with E-state index >= 15 is 0 Å². The second-order valence-corrected chi connectivity index (χ2v) is 5.03. The van der Waals surface area contributed by atoms with Crippen molar-refractivity contribution in [3.05, 3.63) is 59.7 Å². The third kappa shape index (κ3) is 3.27. The molecular weight excluding hydrogens is 248 g/mol. The van der Waals surface area contributed by atoms with Crippen LogP contribution in [0.4, 0.5) is 0 Å². The van der Waals surface area contributed by atoms with Gasteiger partial charge in [-0.2, -0.15) is 0 Å².